The van der Waals surface area contributed by atoms with Crippen molar-refractivity contribution in [1.82, 2.24) is 0 Å². The molecular formula is C24H18ClN3O3S. The lowest BCUT2D eigenvalue weighted by Gasteiger charge is -2.33. The van der Waals surface area contributed by atoms with Gasteiger partial charge in [0.1, 0.15) is 6.54 Å². The predicted octanol–water partition coefficient (Wildman–Crippen LogP) is 4.26. The number of rotatable bonds is 4. The van der Waals surface area contributed by atoms with Gasteiger partial charge in [0.05, 0.1) is 11.4 Å². The minimum atomic E-state index is -1.23. The molecule has 1 spiro atoms. The zero-order chi connectivity index (χ0) is 22.3. The van der Waals surface area contributed by atoms with Gasteiger partial charge in [-0.1, -0.05) is 54.1 Å². The minimum Gasteiger partial charge on any atom is -0.324 e. The van der Waals surface area contributed by atoms with Crippen LogP contribution in [0.5, 0.6) is 0 Å². The lowest BCUT2D eigenvalue weighted by molar-refractivity contribution is -0.124. The molecule has 1 saturated heterocycles. The maximum Gasteiger partial charge on any atom is 0.269 e. The van der Waals surface area contributed by atoms with Gasteiger partial charge in [0.25, 0.3) is 5.91 Å². The third kappa shape index (κ3) is 3.25. The molecule has 0 aromatic heterocycles. The summed E-state index contributed by atoms with van der Waals surface area (Å²) in [5, 5.41) is 3.29. The highest BCUT2D eigenvalue weighted by atomic mass is 35.5. The first-order valence-electron chi connectivity index (χ1n) is 9.99. The number of amides is 3. The Morgan fingerprint density at radius 1 is 1.00 bits per heavy atom. The van der Waals surface area contributed by atoms with Gasteiger partial charge >= 0.3 is 0 Å². The second-order valence-corrected chi connectivity index (χ2v) is 9.07. The second-order valence-electron chi connectivity index (χ2n) is 7.46. The summed E-state index contributed by atoms with van der Waals surface area (Å²) in [6, 6.07) is 23.3. The molecule has 0 saturated carbocycles. The van der Waals surface area contributed by atoms with Crippen LogP contribution < -0.4 is 15.1 Å². The molecule has 3 aromatic rings. The number of nitrogens with one attached hydrogen (secondary N) is 1. The highest BCUT2D eigenvalue weighted by Crippen LogP contribution is 2.55. The largest absolute Gasteiger partial charge is 0.324 e. The molecule has 1 fully saturated rings. The van der Waals surface area contributed by atoms with Crippen LogP contribution in [0.25, 0.3) is 0 Å². The van der Waals surface area contributed by atoms with Gasteiger partial charge in [-0.3, -0.25) is 24.2 Å². The van der Waals surface area contributed by atoms with E-state index >= 15 is 0 Å². The Hall–Kier alpha value is -3.29. The van der Waals surface area contributed by atoms with E-state index in [0.717, 1.165) is 0 Å². The molecule has 160 valence electrons. The number of benzene rings is 3. The molecule has 32 heavy (non-hydrogen) atoms. The number of hydrogen-bond donors (Lipinski definition) is 1. The summed E-state index contributed by atoms with van der Waals surface area (Å²) in [7, 11) is 0. The van der Waals surface area contributed by atoms with Gasteiger partial charge < -0.3 is 5.32 Å². The van der Waals surface area contributed by atoms with E-state index in [2.05, 4.69) is 5.32 Å². The highest BCUT2D eigenvalue weighted by molar-refractivity contribution is 8.02. The predicted molar refractivity (Wildman–Crippen MR) is 127 cm³/mol. The fourth-order valence-electron chi connectivity index (χ4n) is 4.20. The van der Waals surface area contributed by atoms with Gasteiger partial charge in [0.15, 0.2) is 0 Å². The third-order valence-corrected chi connectivity index (χ3v) is 7.11. The van der Waals surface area contributed by atoms with Gasteiger partial charge in [-0.2, -0.15) is 0 Å². The Morgan fingerprint density at radius 2 is 1.75 bits per heavy atom. The molecule has 2 heterocycles. The summed E-state index contributed by atoms with van der Waals surface area (Å²) < 4.78 is 0. The highest BCUT2D eigenvalue weighted by Gasteiger charge is 2.61. The van der Waals surface area contributed by atoms with Crippen molar-refractivity contribution < 1.29 is 14.4 Å². The standard InChI is InChI=1S/C24H18ClN3O3S/c25-16-7-6-8-17(13-16)26-21(29)14-27-20-12-5-4-11-19(20)24(23(27)31)28(22(30)15-32-24)18-9-2-1-3-10-18/h1-13H,14-15H2,(H,26,29)/t24-/m0/s1. The van der Waals surface area contributed by atoms with Gasteiger partial charge in [-0.25, -0.2) is 0 Å². The fraction of sp³-hybridized carbons (Fsp3) is 0.125. The normalized spacial score (nSPS) is 19.5. The number of fused-ring (bicyclic) bond motifs is 2. The van der Waals surface area contributed by atoms with E-state index in [1.807, 2.05) is 48.5 Å². The molecular weight excluding hydrogens is 446 g/mol. The molecule has 5 rings (SSSR count). The van der Waals surface area contributed by atoms with E-state index in [1.165, 1.54) is 16.7 Å². The quantitative estimate of drug-likeness (QED) is 0.627. The number of halogens is 1. The molecule has 0 bridgehead atoms. The number of anilines is 3. The summed E-state index contributed by atoms with van der Waals surface area (Å²) in [6.07, 6.45) is 0. The van der Waals surface area contributed by atoms with Crippen molar-refractivity contribution in [3.05, 3.63) is 89.4 Å². The molecule has 1 atom stereocenters. The van der Waals surface area contributed by atoms with E-state index < -0.39 is 4.87 Å². The second kappa shape index (κ2) is 8.00. The van der Waals surface area contributed by atoms with Crippen LogP contribution in [0.3, 0.4) is 0 Å². The van der Waals surface area contributed by atoms with E-state index in [1.54, 1.807) is 35.2 Å². The molecule has 3 aromatic carbocycles. The van der Waals surface area contributed by atoms with Crippen molar-refractivity contribution in [2.24, 2.45) is 0 Å². The summed E-state index contributed by atoms with van der Waals surface area (Å²) in [4.78, 5) is 41.4. The van der Waals surface area contributed by atoms with E-state index in [9.17, 15) is 14.4 Å². The van der Waals surface area contributed by atoms with Gasteiger partial charge in [0.2, 0.25) is 16.7 Å². The molecule has 2 aliphatic rings. The van der Waals surface area contributed by atoms with Crippen molar-refractivity contribution in [1.29, 1.82) is 0 Å². The van der Waals surface area contributed by atoms with Crippen LogP contribution >= 0.6 is 23.4 Å². The molecule has 0 radical (unpaired) electrons. The number of hydrogen-bond acceptors (Lipinski definition) is 4. The van der Waals surface area contributed by atoms with Crippen molar-refractivity contribution in [3.63, 3.8) is 0 Å². The Bertz CT molecular complexity index is 1240. The van der Waals surface area contributed by atoms with E-state index in [4.69, 9.17) is 11.6 Å². The molecule has 0 aliphatic carbocycles. The van der Waals surface area contributed by atoms with Gasteiger partial charge in [-0.05, 0) is 36.4 Å². The average Bonchev–Trinajstić information content (AvgIpc) is 3.25. The van der Waals surface area contributed by atoms with Crippen molar-refractivity contribution in [3.8, 4) is 0 Å². The third-order valence-electron chi connectivity index (χ3n) is 5.49. The lowest BCUT2D eigenvalue weighted by Crippen LogP contribution is -2.50. The molecule has 3 amide bonds. The number of carbonyl (C=O) groups is 3. The van der Waals surface area contributed by atoms with E-state index in [0.29, 0.717) is 27.6 Å². The zero-order valence-corrected chi connectivity index (χ0v) is 18.4. The summed E-state index contributed by atoms with van der Waals surface area (Å²) in [5.41, 5.74) is 2.53. The molecule has 1 N–H and O–H groups in total. The van der Waals surface area contributed by atoms with Crippen LogP contribution in [0.2, 0.25) is 5.02 Å². The first-order valence-corrected chi connectivity index (χ1v) is 11.4. The number of carbonyl (C=O) groups excluding carboxylic acids is 3. The smallest absolute Gasteiger partial charge is 0.269 e. The molecule has 6 nitrogen and oxygen atoms in total. The van der Waals surface area contributed by atoms with Gasteiger partial charge in [-0.15, -0.1) is 11.8 Å². The average molecular weight is 464 g/mol. The lowest BCUT2D eigenvalue weighted by atomic mass is 10.0. The fourth-order valence-corrected chi connectivity index (χ4v) is 5.75. The first kappa shape index (κ1) is 20.6. The Morgan fingerprint density at radius 3 is 2.53 bits per heavy atom. The monoisotopic (exact) mass is 463 g/mol. The first-order chi connectivity index (χ1) is 15.5. The topological polar surface area (TPSA) is 69.7 Å². The van der Waals surface area contributed by atoms with Gasteiger partial charge in [0, 0.05) is 22.0 Å². The SMILES string of the molecule is O=C(CN1C(=O)[C@@]2(SCC(=O)N2c2ccccc2)c2ccccc21)Nc1cccc(Cl)c1. The molecule has 0 unspecified atom stereocenters. The van der Waals surface area contributed by atoms with Crippen LogP contribution in [0, 0.1) is 0 Å². The zero-order valence-electron chi connectivity index (χ0n) is 16.8. The summed E-state index contributed by atoms with van der Waals surface area (Å²) >= 11 is 7.29. The number of thioether (sulfide) groups is 1. The van der Waals surface area contributed by atoms with Crippen LogP contribution in [0.1, 0.15) is 5.56 Å². The number of nitrogens with zero attached hydrogens (tertiary/aromatic N) is 2. The molecule has 8 heteroatoms. The summed E-state index contributed by atoms with van der Waals surface area (Å²) in [5.74, 6) is -0.625. The van der Waals surface area contributed by atoms with Crippen molar-refractivity contribution >= 4 is 58.1 Å². The Kier molecular flexibility index (Phi) is 5.15. The summed E-state index contributed by atoms with van der Waals surface area (Å²) in [6.45, 7) is -0.179. The Labute approximate surface area is 194 Å². The Balaban J connectivity index is 1.51. The van der Waals surface area contributed by atoms with Crippen molar-refractivity contribution in [2.75, 3.05) is 27.4 Å². The van der Waals surface area contributed by atoms with Crippen LogP contribution in [-0.4, -0.2) is 30.0 Å². The maximum atomic E-state index is 13.9. The minimum absolute atomic E-state index is 0.144. The van der Waals surface area contributed by atoms with Crippen molar-refractivity contribution in [2.45, 2.75) is 4.87 Å². The maximum absolute atomic E-state index is 13.9. The van der Waals surface area contributed by atoms with Crippen LogP contribution in [-0.2, 0) is 19.3 Å². The molecule has 2 aliphatic heterocycles. The van der Waals surface area contributed by atoms with Crippen LogP contribution in [0.15, 0.2) is 78.9 Å². The number of para-hydroxylation sites is 2. The van der Waals surface area contributed by atoms with E-state index in [-0.39, 0.29) is 30.0 Å². The van der Waals surface area contributed by atoms with Crippen LogP contribution in [0.4, 0.5) is 17.1 Å².